The lowest BCUT2D eigenvalue weighted by Gasteiger charge is -2.14. The lowest BCUT2D eigenvalue weighted by Crippen LogP contribution is -2.18. The molecule has 0 radical (unpaired) electrons. The molecule has 0 amide bonds. The van der Waals surface area contributed by atoms with Gasteiger partial charge in [0.15, 0.2) is 0 Å². The van der Waals surface area contributed by atoms with Crippen LogP contribution in [0.3, 0.4) is 0 Å². The van der Waals surface area contributed by atoms with E-state index in [1.54, 1.807) is 4.68 Å². The number of hydrogen-bond donors (Lipinski definition) is 1. The van der Waals surface area contributed by atoms with Crippen molar-refractivity contribution in [3.05, 3.63) is 47.5 Å². The van der Waals surface area contributed by atoms with Gasteiger partial charge in [-0.05, 0) is 31.7 Å². The van der Waals surface area contributed by atoms with Crippen molar-refractivity contribution in [3.8, 4) is 0 Å². The first-order chi connectivity index (χ1) is 7.70. The Hall–Kier alpha value is -1.68. The van der Waals surface area contributed by atoms with Crippen LogP contribution in [-0.2, 0) is 7.05 Å². The van der Waals surface area contributed by atoms with Crippen LogP contribution in [0.5, 0.6) is 0 Å². The Morgan fingerprint density at radius 3 is 2.81 bits per heavy atom. The van der Waals surface area contributed by atoms with Crippen LogP contribution in [0, 0.1) is 6.92 Å². The maximum Gasteiger partial charge on any atom is 0.0779 e. The maximum atomic E-state index is 4.40. The van der Waals surface area contributed by atoms with Crippen LogP contribution in [0.1, 0.15) is 22.9 Å². The molecular formula is C12H16N4. The van der Waals surface area contributed by atoms with Gasteiger partial charge in [-0.3, -0.25) is 9.67 Å². The van der Waals surface area contributed by atoms with Crippen LogP contribution in [0.2, 0.25) is 0 Å². The molecule has 1 unspecified atom stereocenters. The Morgan fingerprint density at radius 1 is 1.44 bits per heavy atom. The highest BCUT2D eigenvalue weighted by Crippen LogP contribution is 2.19. The number of aromatic nitrogens is 3. The fourth-order valence-electron chi connectivity index (χ4n) is 1.79. The molecule has 1 N–H and O–H groups in total. The molecule has 0 bridgehead atoms. The Labute approximate surface area is 95.3 Å². The summed E-state index contributed by atoms with van der Waals surface area (Å²) < 4.78 is 1.80. The molecule has 2 aromatic rings. The molecule has 0 aliphatic rings. The van der Waals surface area contributed by atoms with Crippen LogP contribution in [0.15, 0.2) is 30.7 Å². The van der Waals surface area contributed by atoms with Gasteiger partial charge in [0.05, 0.1) is 17.9 Å². The Kier molecular flexibility index (Phi) is 3.01. The number of nitrogens with one attached hydrogen (secondary N) is 1. The molecule has 4 heteroatoms. The molecule has 0 fully saturated rings. The van der Waals surface area contributed by atoms with Crippen LogP contribution in [0.25, 0.3) is 0 Å². The minimum atomic E-state index is 0.105. The van der Waals surface area contributed by atoms with Crippen molar-refractivity contribution in [3.63, 3.8) is 0 Å². The topological polar surface area (TPSA) is 42.7 Å². The molecular weight excluding hydrogens is 200 g/mol. The van der Waals surface area contributed by atoms with Gasteiger partial charge in [0.25, 0.3) is 0 Å². The van der Waals surface area contributed by atoms with Gasteiger partial charge in [0.1, 0.15) is 0 Å². The third-order valence-corrected chi connectivity index (χ3v) is 2.58. The van der Waals surface area contributed by atoms with Crippen molar-refractivity contribution >= 4 is 0 Å². The predicted molar refractivity (Wildman–Crippen MR) is 63.1 cm³/mol. The van der Waals surface area contributed by atoms with E-state index in [-0.39, 0.29) is 6.04 Å². The molecule has 0 saturated heterocycles. The van der Waals surface area contributed by atoms with E-state index in [4.69, 9.17) is 0 Å². The van der Waals surface area contributed by atoms with Gasteiger partial charge in [0.2, 0.25) is 0 Å². The minimum Gasteiger partial charge on any atom is -0.308 e. The molecule has 2 heterocycles. The minimum absolute atomic E-state index is 0.105. The summed E-state index contributed by atoms with van der Waals surface area (Å²) in [7, 11) is 3.85. The summed E-state index contributed by atoms with van der Waals surface area (Å²) in [5.74, 6) is 0. The van der Waals surface area contributed by atoms with E-state index < -0.39 is 0 Å². The second-order valence-corrected chi connectivity index (χ2v) is 3.93. The number of pyridine rings is 1. The molecule has 2 rings (SSSR count). The average Bonchev–Trinajstić information content (AvgIpc) is 2.66. The molecule has 0 saturated carbocycles. The Balaban J connectivity index is 2.36. The van der Waals surface area contributed by atoms with Gasteiger partial charge in [-0.1, -0.05) is 0 Å². The van der Waals surface area contributed by atoms with Crippen molar-refractivity contribution in [1.82, 2.24) is 20.1 Å². The second kappa shape index (κ2) is 4.45. The zero-order valence-electron chi connectivity index (χ0n) is 9.81. The SMILES string of the molecule is CNC(c1cnn(C)c1)c1cc(C)ccn1. The molecule has 1 atom stereocenters. The first kappa shape index (κ1) is 10.8. The van der Waals surface area contributed by atoms with Gasteiger partial charge >= 0.3 is 0 Å². The van der Waals surface area contributed by atoms with E-state index >= 15 is 0 Å². The van der Waals surface area contributed by atoms with E-state index in [9.17, 15) is 0 Å². The Morgan fingerprint density at radius 2 is 2.25 bits per heavy atom. The lowest BCUT2D eigenvalue weighted by atomic mass is 10.1. The van der Waals surface area contributed by atoms with Crippen molar-refractivity contribution in [1.29, 1.82) is 0 Å². The number of aryl methyl sites for hydroxylation is 2. The highest BCUT2D eigenvalue weighted by Gasteiger charge is 2.14. The predicted octanol–water partition coefficient (Wildman–Crippen LogP) is 1.43. The summed E-state index contributed by atoms with van der Waals surface area (Å²) in [6.45, 7) is 2.07. The van der Waals surface area contributed by atoms with Crippen molar-refractivity contribution in [2.75, 3.05) is 7.05 Å². The van der Waals surface area contributed by atoms with Crippen LogP contribution >= 0.6 is 0 Å². The first-order valence-electron chi connectivity index (χ1n) is 5.29. The van der Waals surface area contributed by atoms with Gasteiger partial charge < -0.3 is 5.32 Å². The number of hydrogen-bond acceptors (Lipinski definition) is 3. The molecule has 0 aliphatic carbocycles. The van der Waals surface area contributed by atoms with Crippen molar-refractivity contribution in [2.24, 2.45) is 7.05 Å². The van der Waals surface area contributed by atoms with Gasteiger partial charge in [-0.15, -0.1) is 0 Å². The first-order valence-corrected chi connectivity index (χ1v) is 5.29. The summed E-state index contributed by atoms with van der Waals surface area (Å²) >= 11 is 0. The highest BCUT2D eigenvalue weighted by molar-refractivity contribution is 5.26. The molecule has 0 spiro atoms. The van der Waals surface area contributed by atoms with Crippen molar-refractivity contribution < 1.29 is 0 Å². The maximum absolute atomic E-state index is 4.40. The number of rotatable bonds is 3. The zero-order valence-corrected chi connectivity index (χ0v) is 9.81. The van der Waals surface area contributed by atoms with Gasteiger partial charge in [-0.2, -0.15) is 5.10 Å². The summed E-state index contributed by atoms with van der Waals surface area (Å²) in [6.07, 6.45) is 5.71. The van der Waals surface area contributed by atoms with E-state index in [0.29, 0.717) is 0 Å². The van der Waals surface area contributed by atoms with Crippen molar-refractivity contribution in [2.45, 2.75) is 13.0 Å². The average molecular weight is 216 g/mol. The van der Waals surface area contributed by atoms with Crippen LogP contribution < -0.4 is 5.32 Å². The Bertz CT molecular complexity index is 475. The summed E-state index contributed by atoms with van der Waals surface area (Å²) in [5, 5.41) is 7.44. The molecule has 0 aromatic carbocycles. The van der Waals surface area contributed by atoms with E-state index in [2.05, 4.69) is 28.4 Å². The molecule has 4 nitrogen and oxygen atoms in total. The summed E-state index contributed by atoms with van der Waals surface area (Å²) in [4.78, 5) is 4.40. The third-order valence-electron chi connectivity index (χ3n) is 2.58. The fourth-order valence-corrected chi connectivity index (χ4v) is 1.79. The second-order valence-electron chi connectivity index (χ2n) is 3.93. The van der Waals surface area contributed by atoms with E-state index in [1.165, 1.54) is 5.56 Å². The largest absolute Gasteiger partial charge is 0.308 e. The van der Waals surface area contributed by atoms with E-state index in [1.807, 2.05) is 38.8 Å². The van der Waals surface area contributed by atoms with Crippen LogP contribution in [0.4, 0.5) is 0 Å². The summed E-state index contributed by atoms with van der Waals surface area (Å²) in [5.41, 5.74) is 3.37. The lowest BCUT2D eigenvalue weighted by molar-refractivity contribution is 0.668. The van der Waals surface area contributed by atoms with Gasteiger partial charge in [-0.25, -0.2) is 0 Å². The smallest absolute Gasteiger partial charge is 0.0779 e. The van der Waals surface area contributed by atoms with E-state index in [0.717, 1.165) is 11.3 Å². The van der Waals surface area contributed by atoms with Crippen LogP contribution in [-0.4, -0.2) is 21.8 Å². The summed E-state index contributed by atoms with van der Waals surface area (Å²) in [6, 6.07) is 4.20. The van der Waals surface area contributed by atoms with Gasteiger partial charge in [0, 0.05) is 25.0 Å². The molecule has 16 heavy (non-hydrogen) atoms. The molecule has 0 aliphatic heterocycles. The normalized spacial score (nSPS) is 12.7. The zero-order chi connectivity index (χ0) is 11.5. The third kappa shape index (κ3) is 2.12. The molecule has 2 aromatic heterocycles. The number of nitrogens with zero attached hydrogens (tertiary/aromatic N) is 3. The quantitative estimate of drug-likeness (QED) is 0.844. The monoisotopic (exact) mass is 216 g/mol. The highest BCUT2D eigenvalue weighted by atomic mass is 15.2. The fraction of sp³-hybridized carbons (Fsp3) is 0.333. The molecule has 84 valence electrons. The standard InChI is InChI=1S/C12H16N4/c1-9-4-5-14-11(6-9)12(13-2)10-7-15-16(3)8-10/h4-8,12-13H,1-3H3.